The fourth-order valence-corrected chi connectivity index (χ4v) is 6.48. The van der Waals surface area contributed by atoms with Crippen molar-refractivity contribution in [3.05, 3.63) is 46.5 Å². The first kappa shape index (κ1) is 22.5. The van der Waals surface area contributed by atoms with Crippen LogP contribution >= 0.6 is 0 Å². The number of aromatic hydroxyl groups is 2. The van der Waals surface area contributed by atoms with Gasteiger partial charge in [0.1, 0.15) is 11.5 Å². The molecule has 0 aromatic heterocycles. The van der Waals surface area contributed by atoms with Gasteiger partial charge in [0.2, 0.25) is 0 Å². The first-order valence-corrected chi connectivity index (χ1v) is 14.1. The molecule has 0 spiro atoms. The lowest BCUT2D eigenvalue weighted by Crippen LogP contribution is -2.05. The van der Waals surface area contributed by atoms with Gasteiger partial charge in [-0.15, -0.1) is 0 Å². The largest absolute Gasteiger partial charge is 0.507 e. The van der Waals surface area contributed by atoms with Gasteiger partial charge in [0.25, 0.3) is 0 Å². The summed E-state index contributed by atoms with van der Waals surface area (Å²) in [6.45, 7) is 9.22. The number of phenolic OH excluding ortho intramolecular Hbond substituents is 2. The van der Waals surface area contributed by atoms with Crippen LogP contribution in [0.1, 0.15) is 125 Å². The third-order valence-electron chi connectivity index (χ3n) is 9.95. The first-order chi connectivity index (χ1) is 16.3. The predicted octanol–water partition coefficient (Wildman–Crippen LogP) is 8.82. The standard InChI is InChI=1S/C32H42O2/c1-17(21-5-6-21)27-13-25(14-28(31(27)33)18(2)22-7-8-22)26-15-29(19(3)23-9-10-23)32(34)30(16-26)20(4)24-11-12-24/h13-24,33-34H,5-12H2,1-4H3. The van der Waals surface area contributed by atoms with Crippen molar-refractivity contribution in [1.29, 1.82) is 0 Å². The lowest BCUT2D eigenvalue weighted by molar-refractivity contribution is 0.442. The molecule has 34 heavy (non-hydrogen) atoms. The van der Waals surface area contributed by atoms with Crippen molar-refractivity contribution in [1.82, 2.24) is 0 Å². The number of hydrogen-bond acceptors (Lipinski definition) is 2. The molecule has 4 aliphatic carbocycles. The average Bonchev–Trinajstić information content (AvgIpc) is 3.68. The topological polar surface area (TPSA) is 40.5 Å². The molecule has 0 heterocycles. The van der Waals surface area contributed by atoms with E-state index in [9.17, 15) is 10.2 Å². The predicted molar refractivity (Wildman–Crippen MR) is 140 cm³/mol. The Kier molecular flexibility index (Phi) is 5.50. The molecular weight excluding hydrogens is 416 g/mol. The van der Waals surface area contributed by atoms with Crippen LogP contribution < -0.4 is 0 Å². The van der Waals surface area contributed by atoms with Crippen LogP contribution in [0.5, 0.6) is 11.5 Å². The minimum Gasteiger partial charge on any atom is -0.507 e. The monoisotopic (exact) mass is 458 g/mol. The van der Waals surface area contributed by atoms with Crippen LogP contribution in [0.25, 0.3) is 11.1 Å². The highest BCUT2D eigenvalue weighted by molar-refractivity contribution is 5.72. The molecule has 4 unspecified atom stereocenters. The van der Waals surface area contributed by atoms with E-state index in [4.69, 9.17) is 0 Å². The number of hydrogen-bond donors (Lipinski definition) is 2. The molecule has 4 saturated carbocycles. The van der Waals surface area contributed by atoms with E-state index in [1.54, 1.807) is 0 Å². The minimum absolute atomic E-state index is 0.400. The van der Waals surface area contributed by atoms with E-state index >= 15 is 0 Å². The molecule has 0 aliphatic heterocycles. The van der Waals surface area contributed by atoms with Gasteiger partial charge in [-0.05, 0) is 156 Å². The highest BCUT2D eigenvalue weighted by atomic mass is 16.3. The molecule has 2 aromatic rings. The zero-order valence-electron chi connectivity index (χ0n) is 21.5. The molecule has 4 fully saturated rings. The third kappa shape index (κ3) is 4.16. The summed E-state index contributed by atoms with van der Waals surface area (Å²) < 4.78 is 0. The zero-order chi connectivity index (χ0) is 23.7. The molecule has 2 heteroatoms. The summed E-state index contributed by atoms with van der Waals surface area (Å²) in [5.41, 5.74) is 7.04. The van der Waals surface area contributed by atoms with E-state index in [2.05, 4.69) is 52.0 Å². The Morgan fingerprint density at radius 1 is 0.471 bits per heavy atom. The molecule has 0 radical (unpaired) electrons. The maximum atomic E-state index is 11.4. The molecular formula is C32H42O2. The van der Waals surface area contributed by atoms with Gasteiger partial charge in [0.05, 0.1) is 0 Å². The molecule has 4 atom stereocenters. The molecule has 182 valence electrons. The van der Waals surface area contributed by atoms with Gasteiger partial charge in [-0.2, -0.15) is 0 Å². The molecule has 0 saturated heterocycles. The summed E-state index contributed by atoms with van der Waals surface area (Å²) in [5.74, 6) is 5.55. The first-order valence-electron chi connectivity index (χ1n) is 14.1. The summed E-state index contributed by atoms with van der Waals surface area (Å²) in [5, 5.41) is 22.8. The summed E-state index contributed by atoms with van der Waals surface area (Å²) in [7, 11) is 0. The number of phenols is 2. The summed E-state index contributed by atoms with van der Waals surface area (Å²) >= 11 is 0. The summed E-state index contributed by atoms with van der Waals surface area (Å²) in [6, 6.07) is 9.13. The fourth-order valence-electron chi connectivity index (χ4n) is 6.48. The Labute approximate surface area is 205 Å². The van der Waals surface area contributed by atoms with E-state index in [1.165, 1.54) is 62.5 Å². The van der Waals surface area contributed by atoms with Crippen molar-refractivity contribution in [2.75, 3.05) is 0 Å². The zero-order valence-corrected chi connectivity index (χ0v) is 21.5. The average molecular weight is 459 g/mol. The Bertz CT molecular complexity index is 919. The second-order valence-electron chi connectivity index (χ2n) is 12.5. The third-order valence-corrected chi connectivity index (χ3v) is 9.95. The SMILES string of the molecule is CC(c1cc(-c2cc(C(C)C3CC3)c(O)c(C(C)C3CC3)c2)cc(C(C)C2CC2)c1O)C1CC1. The molecule has 2 aromatic carbocycles. The van der Waals surface area contributed by atoms with Crippen molar-refractivity contribution >= 4 is 0 Å². The fraction of sp³-hybridized carbons (Fsp3) is 0.625. The van der Waals surface area contributed by atoms with E-state index in [1.807, 2.05) is 0 Å². The van der Waals surface area contributed by atoms with Crippen molar-refractivity contribution in [2.45, 2.75) is 103 Å². The van der Waals surface area contributed by atoms with Crippen LogP contribution in [0.15, 0.2) is 24.3 Å². The van der Waals surface area contributed by atoms with Crippen LogP contribution in [0.2, 0.25) is 0 Å². The van der Waals surface area contributed by atoms with Crippen molar-refractivity contribution in [3.8, 4) is 22.6 Å². The normalized spacial score (nSPS) is 24.0. The van der Waals surface area contributed by atoms with Gasteiger partial charge in [0, 0.05) is 0 Å². The van der Waals surface area contributed by atoms with Gasteiger partial charge in [0.15, 0.2) is 0 Å². The van der Waals surface area contributed by atoms with Crippen LogP contribution in [-0.4, -0.2) is 10.2 Å². The van der Waals surface area contributed by atoms with Crippen LogP contribution in [0, 0.1) is 23.7 Å². The van der Waals surface area contributed by atoms with Crippen molar-refractivity contribution in [3.63, 3.8) is 0 Å². The minimum atomic E-state index is 0.400. The van der Waals surface area contributed by atoms with Crippen LogP contribution in [-0.2, 0) is 0 Å². The van der Waals surface area contributed by atoms with Gasteiger partial charge >= 0.3 is 0 Å². The van der Waals surface area contributed by atoms with Crippen molar-refractivity contribution < 1.29 is 10.2 Å². The van der Waals surface area contributed by atoms with Crippen LogP contribution in [0.3, 0.4) is 0 Å². The van der Waals surface area contributed by atoms with Crippen molar-refractivity contribution in [2.24, 2.45) is 23.7 Å². The van der Waals surface area contributed by atoms with Gasteiger partial charge in [-0.1, -0.05) is 27.7 Å². The van der Waals surface area contributed by atoms with Gasteiger partial charge in [-0.3, -0.25) is 0 Å². The quantitative estimate of drug-likeness (QED) is 0.394. The Hall–Kier alpha value is -1.96. The van der Waals surface area contributed by atoms with Gasteiger partial charge < -0.3 is 10.2 Å². The summed E-state index contributed by atoms with van der Waals surface area (Å²) in [4.78, 5) is 0. The van der Waals surface area contributed by atoms with E-state index in [0.29, 0.717) is 58.8 Å². The molecule has 4 aliphatic rings. The molecule has 6 rings (SSSR count). The molecule has 0 bridgehead atoms. The highest BCUT2D eigenvalue weighted by Crippen LogP contribution is 2.53. The second kappa shape index (κ2) is 8.32. The maximum Gasteiger partial charge on any atom is 0.122 e. The Balaban J connectivity index is 1.49. The lowest BCUT2D eigenvalue weighted by Gasteiger charge is -2.24. The van der Waals surface area contributed by atoms with Gasteiger partial charge in [-0.25, -0.2) is 0 Å². The number of rotatable bonds is 9. The Morgan fingerprint density at radius 2 is 0.676 bits per heavy atom. The summed E-state index contributed by atoms with van der Waals surface area (Å²) in [6.07, 6.45) is 10.3. The Morgan fingerprint density at radius 3 is 0.853 bits per heavy atom. The van der Waals surface area contributed by atoms with E-state index in [-0.39, 0.29) is 0 Å². The second-order valence-corrected chi connectivity index (χ2v) is 12.5. The maximum absolute atomic E-state index is 11.4. The molecule has 2 N–H and O–H groups in total. The van der Waals surface area contributed by atoms with E-state index < -0.39 is 0 Å². The lowest BCUT2D eigenvalue weighted by atomic mass is 9.82. The highest BCUT2D eigenvalue weighted by Gasteiger charge is 2.37. The number of benzene rings is 2. The molecule has 0 amide bonds. The van der Waals surface area contributed by atoms with E-state index in [0.717, 1.165) is 22.3 Å². The smallest absolute Gasteiger partial charge is 0.122 e. The molecule has 2 nitrogen and oxygen atoms in total. The van der Waals surface area contributed by atoms with Crippen LogP contribution in [0.4, 0.5) is 0 Å².